The highest BCUT2D eigenvalue weighted by atomic mass is 19.4. The number of carbonyl (C=O) groups is 1. The molecule has 0 atom stereocenters. The molecular weight excluding hydrogens is 376 g/mol. The summed E-state index contributed by atoms with van der Waals surface area (Å²) in [6, 6.07) is 2.34. The van der Waals surface area contributed by atoms with Gasteiger partial charge in [-0.15, -0.1) is 0 Å². The van der Waals surface area contributed by atoms with Gasteiger partial charge < -0.3 is 10.1 Å². The predicted molar refractivity (Wildman–Crippen MR) is 88.4 cm³/mol. The molecule has 0 saturated heterocycles. The monoisotopic (exact) mass is 398 g/mol. The van der Waals surface area contributed by atoms with Crippen molar-refractivity contribution in [2.24, 2.45) is 5.92 Å². The molecule has 1 N–H and O–H groups in total. The molecule has 1 rings (SSSR count). The number of hydrogen-bond donors (Lipinski definition) is 1. The van der Waals surface area contributed by atoms with Crippen LogP contribution in [-0.4, -0.2) is 18.1 Å². The number of rotatable bonds is 5. The van der Waals surface area contributed by atoms with Gasteiger partial charge in [0.05, 0.1) is 16.7 Å². The predicted octanol–water partition coefficient (Wildman–Crippen LogP) is 5.94. The number of nitrogens with one attached hydrogen (secondary N) is 1. The standard InChI is InChI=1S/C18H22F6NO2/c1-10(2)8-9-25-12-7-6-11(17(19,20)21)13(14(12)18(22,23)24)15(26)27-16(3,4)5/h7,10,25H,8-9H2,1-5H3. The van der Waals surface area contributed by atoms with Crippen molar-refractivity contribution in [2.45, 2.75) is 59.0 Å². The van der Waals surface area contributed by atoms with Crippen molar-refractivity contribution in [3.05, 3.63) is 28.8 Å². The smallest absolute Gasteiger partial charge is 0.419 e. The zero-order valence-electron chi connectivity index (χ0n) is 15.7. The zero-order valence-corrected chi connectivity index (χ0v) is 15.7. The van der Waals surface area contributed by atoms with E-state index < -0.39 is 46.3 Å². The van der Waals surface area contributed by atoms with Crippen molar-refractivity contribution in [3.8, 4) is 0 Å². The normalized spacial score (nSPS) is 13.0. The fraction of sp³-hybridized carbons (Fsp3) is 0.611. The average Bonchev–Trinajstić information content (AvgIpc) is 2.41. The summed E-state index contributed by atoms with van der Waals surface area (Å²) >= 11 is 0. The number of alkyl halides is 6. The topological polar surface area (TPSA) is 38.3 Å². The van der Waals surface area contributed by atoms with Crippen LogP contribution in [-0.2, 0) is 17.1 Å². The number of esters is 1. The summed E-state index contributed by atoms with van der Waals surface area (Å²) < 4.78 is 85.5. The number of hydrogen-bond acceptors (Lipinski definition) is 3. The molecule has 1 radical (unpaired) electrons. The maximum atomic E-state index is 13.6. The van der Waals surface area contributed by atoms with Gasteiger partial charge in [-0.2, -0.15) is 26.3 Å². The first-order chi connectivity index (χ1) is 12.0. The van der Waals surface area contributed by atoms with Crippen LogP contribution in [0.15, 0.2) is 6.07 Å². The lowest BCUT2D eigenvalue weighted by Gasteiger charge is -2.25. The van der Waals surface area contributed by atoms with Gasteiger partial charge in [0.2, 0.25) is 0 Å². The summed E-state index contributed by atoms with van der Waals surface area (Å²) in [6.07, 6.45) is -9.93. The van der Waals surface area contributed by atoms with Crippen molar-refractivity contribution in [3.63, 3.8) is 0 Å². The van der Waals surface area contributed by atoms with Gasteiger partial charge in [-0.1, -0.05) is 13.8 Å². The Kier molecular flexibility index (Phi) is 6.83. The zero-order chi connectivity index (χ0) is 21.2. The minimum absolute atomic E-state index is 0.0910. The Morgan fingerprint density at radius 3 is 2.07 bits per heavy atom. The molecular formula is C18H22F6NO2. The van der Waals surface area contributed by atoms with Crippen LogP contribution >= 0.6 is 0 Å². The molecule has 0 aliphatic rings. The van der Waals surface area contributed by atoms with Crippen LogP contribution in [0, 0.1) is 12.0 Å². The van der Waals surface area contributed by atoms with E-state index in [1.807, 2.05) is 13.8 Å². The van der Waals surface area contributed by atoms with E-state index in [1.54, 1.807) is 6.07 Å². The second-order valence-corrected chi connectivity index (χ2v) is 7.43. The summed E-state index contributed by atoms with van der Waals surface area (Å²) in [7, 11) is 0. The molecule has 0 heterocycles. The van der Waals surface area contributed by atoms with Crippen molar-refractivity contribution < 1.29 is 35.9 Å². The number of anilines is 1. The molecule has 0 unspecified atom stereocenters. The second kappa shape index (κ2) is 7.98. The highest BCUT2D eigenvalue weighted by Crippen LogP contribution is 2.43. The third kappa shape index (κ3) is 6.62. The molecule has 0 saturated carbocycles. The Labute approximate surface area is 154 Å². The molecule has 0 bridgehead atoms. The van der Waals surface area contributed by atoms with Crippen molar-refractivity contribution in [2.75, 3.05) is 11.9 Å². The van der Waals surface area contributed by atoms with Gasteiger partial charge in [-0.3, -0.25) is 0 Å². The molecule has 153 valence electrons. The summed E-state index contributed by atoms with van der Waals surface area (Å²) in [4.78, 5) is 12.3. The third-order valence-corrected chi connectivity index (χ3v) is 3.34. The molecule has 0 spiro atoms. The Morgan fingerprint density at radius 2 is 1.67 bits per heavy atom. The molecule has 27 heavy (non-hydrogen) atoms. The summed E-state index contributed by atoms with van der Waals surface area (Å²) in [5, 5.41) is 2.46. The molecule has 0 amide bonds. The van der Waals surface area contributed by atoms with Crippen LogP contribution in [0.5, 0.6) is 0 Å². The summed E-state index contributed by atoms with van der Waals surface area (Å²) in [5.74, 6) is -1.54. The first-order valence-electron chi connectivity index (χ1n) is 8.24. The maximum Gasteiger partial charge on any atom is 0.419 e. The highest BCUT2D eigenvalue weighted by molar-refractivity contribution is 5.95. The minimum atomic E-state index is -5.21. The largest absolute Gasteiger partial charge is 0.456 e. The Hall–Kier alpha value is -1.93. The molecule has 0 aliphatic carbocycles. The van der Waals surface area contributed by atoms with Crippen LogP contribution in [0.3, 0.4) is 0 Å². The van der Waals surface area contributed by atoms with Gasteiger partial charge >= 0.3 is 18.3 Å². The first kappa shape index (κ1) is 23.1. The molecule has 0 aliphatic heterocycles. The number of ether oxygens (including phenoxy) is 1. The lowest BCUT2D eigenvalue weighted by Crippen LogP contribution is -2.29. The van der Waals surface area contributed by atoms with E-state index in [9.17, 15) is 31.1 Å². The van der Waals surface area contributed by atoms with Gasteiger partial charge in [0.15, 0.2) is 0 Å². The fourth-order valence-electron chi connectivity index (χ4n) is 2.23. The van der Waals surface area contributed by atoms with E-state index in [1.165, 1.54) is 20.8 Å². The van der Waals surface area contributed by atoms with Crippen molar-refractivity contribution in [1.29, 1.82) is 0 Å². The van der Waals surface area contributed by atoms with Crippen LogP contribution in [0.25, 0.3) is 0 Å². The van der Waals surface area contributed by atoms with E-state index in [-0.39, 0.29) is 12.5 Å². The van der Waals surface area contributed by atoms with Gasteiger partial charge in [0.25, 0.3) is 0 Å². The summed E-state index contributed by atoms with van der Waals surface area (Å²) in [6.45, 7) is 7.82. The quantitative estimate of drug-likeness (QED) is 0.493. The maximum absolute atomic E-state index is 13.6. The Bertz CT molecular complexity index is 672. The van der Waals surface area contributed by atoms with E-state index in [2.05, 4.69) is 5.32 Å². The van der Waals surface area contributed by atoms with E-state index in [0.29, 0.717) is 12.5 Å². The molecule has 0 aromatic heterocycles. The van der Waals surface area contributed by atoms with Crippen LogP contribution in [0.2, 0.25) is 0 Å². The molecule has 1 aromatic rings. The molecule has 9 heteroatoms. The van der Waals surface area contributed by atoms with Gasteiger partial charge in [-0.05, 0) is 45.2 Å². The van der Waals surface area contributed by atoms with E-state index in [4.69, 9.17) is 4.74 Å². The van der Waals surface area contributed by atoms with Crippen molar-refractivity contribution in [1.82, 2.24) is 0 Å². The third-order valence-electron chi connectivity index (χ3n) is 3.34. The summed E-state index contributed by atoms with van der Waals surface area (Å²) in [5.41, 5.74) is -7.01. The Balaban J connectivity index is 3.62. The number of carbonyl (C=O) groups excluding carboxylic acids is 1. The molecule has 1 aromatic carbocycles. The van der Waals surface area contributed by atoms with Crippen LogP contribution < -0.4 is 5.32 Å². The number of halogens is 6. The van der Waals surface area contributed by atoms with Crippen molar-refractivity contribution >= 4 is 11.7 Å². The van der Waals surface area contributed by atoms with Gasteiger partial charge in [0.1, 0.15) is 5.60 Å². The molecule has 0 fully saturated rings. The van der Waals surface area contributed by atoms with E-state index >= 15 is 0 Å². The molecule has 3 nitrogen and oxygen atoms in total. The fourth-order valence-corrected chi connectivity index (χ4v) is 2.23. The lowest BCUT2D eigenvalue weighted by molar-refractivity contribution is -0.144. The number of benzene rings is 1. The average molecular weight is 398 g/mol. The van der Waals surface area contributed by atoms with Crippen LogP contribution in [0.4, 0.5) is 32.0 Å². The van der Waals surface area contributed by atoms with Gasteiger partial charge in [0, 0.05) is 12.2 Å². The highest BCUT2D eigenvalue weighted by Gasteiger charge is 2.46. The lowest BCUT2D eigenvalue weighted by atomic mass is 9.97. The van der Waals surface area contributed by atoms with Gasteiger partial charge in [-0.25, -0.2) is 4.79 Å². The SMILES string of the molecule is CC(C)CCNc1c[c]c(C(F)(F)F)c(C(=O)OC(C)(C)C)c1C(F)(F)F. The van der Waals surface area contributed by atoms with Crippen LogP contribution in [0.1, 0.15) is 62.5 Å². The minimum Gasteiger partial charge on any atom is -0.456 e. The Morgan fingerprint density at radius 1 is 1.11 bits per heavy atom. The van der Waals surface area contributed by atoms with E-state index in [0.717, 1.165) is 0 Å². The second-order valence-electron chi connectivity index (χ2n) is 7.43. The first-order valence-corrected chi connectivity index (χ1v) is 8.24.